The molecule has 2 atom stereocenters. The number of hydrogen-bond donors (Lipinski definition) is 2. The number of rotatable bonds is 7. The average molecular weight is 488 g/mol. The summed E-state index contributed by atoms with van der Waals surface area (Å²) in [4.78, 5) is 29.7. The third-order valence-corrected chi connectivity index (χ3v) is 6.54. The summed E-state index contributed by atoms with van der Waals surface area (Å²) in [5.74, 6) is -0.286. The maximum atomic E-state index is 13.1. The molecule has 0 bridgehead atoms. The molecule has 1 saturated carbocycles. The van der Waals surface area contributed by atoms with Crippen molar-refractivity contribution in [3.8, 4) is 5.75 Å². The van der Waals surface area contributed by atoms with Gasteiger partial charge in [0.15, 0.2) is 0 Å². The van der Waals surface area contributed by atoms with Crippen LogP contribution in [-0.4, -0.2) is 28.9 Å². The fourth-order valence-electron chi connectivity index (χ4n) is 3.73. The van der Waals surface area contributed by atoms with E-state index in [1.807, 2.05) is 0 Å². The SMILES string of the molecule is O=C(NC1CCCCC1NC(=O)c1csc(COc2ccc(Cl)cc2)n1)c1ccc(F)cc1. The number of thiazole rings is 1. The predicted molar refractivity (Wildman–Crippen MR) is 125 cm³/mol. The van der Waals surface area contributed by atoms with Gasteiger partial charge in [-0.2, -0.15) is 0 Å². The zero-order valence-electron chi connectivity index (χ0n) is 17.7. The van der Waals surface area contributed by atoms with E-state index in [1.54, 1.807) is 29.6 Å². The first kappa shape index (κ1) is 23.2. The lowest BCUT2D eigenvalue weighted by molar-refractivity contribution is 0.0860. The van der Waals surface area contributed by atoms with Gasteiger partial charge < -0.3 is 15.4 Å². The molecule has 1 aliphatic rings. The maximum absolute atomic E-state index is 13.1. The van der Waals surface area contributed by atoms with E-state index in [9.17, 15) is 14.0 Å². The second-order valence-electron chi connectivity index (χ2n) is 7.82. The third-order valence-electron chi connectivity index (χ3n) is 5.47. The van der Waals surface area contributed by atoms with Crippen LogP contribution in [0, 0.1) is 5.82 Å². The molecule has 0 radical (unpaired) electrons. The Morgan fingerprint density at radius 3 is 2.30 bits per heavy atom. The minimum atomic E-state index is -0.393. The number of benzene rings is 2. The summed E-state index contributed by atoms with van der Waals surface area (Å²) in [5, 5.41) is 9.02. The molecule has 2 N–H and O–H groups in total. The smallest absolute Gasteiger partial charge is 0.271 e. The number of carbonyl (C=O) groups excluding carboxylic acids is 2. The molecule has 3 aromatic rings. The highest BCUT2D eigenvalue weighted by Gasteiger charge is 2.29. The fraction of sp³-hybridized carbons (Fsp3) is 0.292. The predicted octanol–water partition coefficient (Wildman–Crippen LogP) is 4.99. The number of aromatic nitrogens is 1. The first-order valence-corrected chi connectivity index (χ1v) is 11.9. The van der Waals surface area contributed by atoms with Crippen LogP contribution in [0.25, 0.3) is 0 Å². The minimum Gasteiger partial charge on any atom is -0.486 e. The van der Waals surface area contributed by atoms with Gasteiger partial charge in [-0.1, -0.05) is 24.4 Å². The van der Waals surface area contributed by atoms with Crippen LogP contribution in [0.1, 0.15) is 51.5 Å². The Balaban J connectivity index is 1.33. The molecule has 1 aromatic heterocycles. The van der Waals surface area contributed by atoms with Crippen LogP contribution in [0.2, 0.25) is 5.02 Å². The van der Waals surface area contributed by atoms with Crippen LogP contribution < -0.4 is 15.4 Å². The number of nitrogens with one attached hydrogen (secondary N) is 2. The summed E-state index contributed by atoms with van der Waals surface area (Å²) in [6, 6.07) is 12.0. The van der Waals surface area contributed by atoms with Crippen molar-refractivity contribution in [3.63, 3.8) is 0 Å². The highest BCUT2D eigenvalue weighted by Crippen LogP contribution is 2.21. The average Bonchev–Trinajstić information content (AvgIpc) is 3.30. The van der Waals surface area contributed by atoms with Gasteiger partial charge in [-0.15, -0.1) is 11.3 Å². The second-order valence-corrected chi connectivity index (χ2v) is 9.20. The van der Waals surface area contributed by atoms with E-state index >= 15 is 0 Å². The summed E-state index contributed by atoms with van der Waals surface area (Å²) >= 11 is 7.22. The number of nitrogens with zero attached hydrogens (tertiary/aromatic N) is 1. The monoisotopic (exact) mass is 487 g/mol. The number of halogens is 2. The Labute approximate surface area is 200 Å². The standard InChI is InChI=1S/C24H23ClFN3O3S/c25-16-7-11-18(12-8-16)32-13-22-27-21(14-33-22)24(31)29-20-4-2-1-3-19(20)28-23(30)15-5-9-17(26)10-6-15/h5-12,14,19-20H,1-4,13H2,(H,28,30)(H,29,31). The molecule has 33 heavy (non-hydrogen) atoms. The number of amides is 2. The van der Waals surface area contributed by atoms with Crippen LogP contribution in [0.4, 0.5) is 4.39 Å². The molecule has 6 nitrogen and oxygen atoms in total. The lowest BCUT2D eigenvalue weighted by Crippen LogP contribution is -2.53. The van der Waals surface area contributed by atoms with E-state index < -0.39 is 5.82 Å². The molecule has 0 aliphatic heterocycles. The van der Waals surface area contributed by atoms with E-state index in [0.29, 0.717) is 27.0 Å². The van der Waals surface area contributed by atoms with E-state index in [2.05, 4.69) is 15.6 Å². The highest BCUT2D eigenvalue weighted by molar-refractivity contribution is 7.09. The zero-order valence-corrected chi connectivity index (χ0v) is 19.3. The first-order valence-electron chi connectivity index (χ1n) is 10.7. The number of hydrogen-bond acceptors (Lipinski definition) is 5. The molecule has 0 saturated heterocycles. The van der Waals surface area contributed by atoms with Gasteiger partial charge in [-0.3, -0.25) is 9.59 Å². The molecule has 172 valence electrons. The van der Waals surface area contributed by atoms with Crippen LogP contribution in [-0.2, 0) is 6.61 Å². The van der Waals surface area contributed by atoms with Crippen molar-refractivity contribution in [2.24, 2.45) is 0 Å². The maximum Gasteiger partial charge on any atom is 0.271 e. The zero-order chi connectivity index (χ0) is 23.2. The summed E-state index contributed by atoms with van der Waals surface area (Å²) < 4.78 is 18.8. The Kier molecular flexibility index (Phi) is 7.57. The summed E-state index contributed by atoms with van der Waals surface area (Å²) in [5.41, 5.74) is 0.709. The largest absolute Gasteiger partial charge is 0.486 e. The highest BCUT2D eigenvalue weighted by atomic mass is 35.5. The molecule has 1 fully saturated rings. The molecule has 1 aliphatic carbocycles. The van der Waals surface area contributed by atoms with E-state index in [1.165, 1.54) is 35.6 Å². The summed E-state index contributed by atoms with van der Waals surface area (Å²) in [6.45, 7) is 0.249. The topological polar surface area (TPSA) is 80.3 Å². The van der Waals surface area contributed by atoms with Gasteiger partial charge in [-0.25, -0.2) is 9.37 Å². The van der Waals surface area contributed by atoms with Gasteiger partial charge in [-0.05, 0) is 61.4 Å². The first-order chi connectivity index (χ1) is 16.0. The molecule has 2 unspecified atom stereocenters. The van der Waals surface area contributed by atoms with Crippen LogP contribution >= 0.6 is 22.9 Å². The molecular formula is C24H23ClFN3O3S. The Morgan fingerprint density at radius 2 is 1.64 bits per heavy atom. The van der Waals surface area contributed by atoms with Gasteiger partial charge in [0.25, 0.3) is 11.8 Å². The van der Waals surface area contributed by atoms with Crippen molar-refractivity contribution in [3.05, 3.63) is 81.0 Å². The molecule has 4 rings (SSSR count). The van der Waals surface area contributed by atoms with Crippen LogP contribution in [0.3, 0.4) is 0 Å². The van der Waals surface area contributed by atoms with Crippen LogP contribution in [0.5, 0.6) is 5.75 Å². The summed E-state index contributed by atoms with van der Waals surface area (Å²) in [6.07, 6.45) is 3.45. The lowest BCUT2D eigenvalue weighted by Gasteiger charge is -2.32. The van der Waals surface area contributed by atoms with Gasteiger partial charge in [0, 0.05) is 28.0 Å². The van der Waals surface area contributed by atoms with Crippen molar-refractivity contribution in [2.75, 3.05) is 0 Å². The Morgan fingerprint density at radius 1 is 1.00 bits per heavy atom. The van der Waals surface area contributed by atoms with Crippen molar-refractivity contribution >= 4 is 34.8 Å². The molecule has 2 amide bonds. The molecular weight excluding hydrogens is 465 g/mol. The Hall–Kier alpha value is -2.97. The van der Waals surface area contributed by atoms with Gasteiger partial charge in [0.2, 0.25) is 0 Å². The fourth-order valence-corrected chi connectivity index (χ4v) is 4.54. The van der Waals surface area contributed by atoms with E-state index in [4.69, 9.17) is 16.3 Å². The summed E-state index contributed by atoms with van der Waals surface area (Å²) in [7, 11) is 0. The number of carbonyl (C=O) groups is 2. The van der Waals surface area contributed by atoms with Crippen LogP contribution in [0.15, 0.2) is 53.9 Å². The van der Waals surface area contributed by atoms with E-state index in [0.717, 1.165) is 25.7 Å². The molecule has 1 heterocycles. The third kappa shape index (κ3) is 6.30. The Bertz CT molecular complexity index is 1100. The molecule has 0 spiro atoms. The number of ether oxygens (including phenoxy) is 1. The van der Waals surface area contributed by atoms with Crippen molar-refractivity contribution in [2.45, 2.75) is 44.4 Å². The lowest BCUT2D eigenvalue weighted by atomic mass is 9.90. The van der Waals surface area contributed by atoms with E-state index in [-0.39, 0.29) is 30.5 Å². The van der Waals surface area contributed by atoms with Crippen molar-refractivity contribution < 1.29 is 18.7 Å². The van der Waals surface area contributed by atoms with Crippen molar-refractivity contribution in [1.82, 2.24) is 15.6 Å². The van der Waals surface area contributed by atoms with Gasteiger partial charge in [0.1, 0.15) is 28.9 Å². The molecule has 9 heteroatoms. The van der Waals surface area contributed by atoms with Gasteiger partial charge in [0.05, 0.1) is 0 Å². The second kappa shape index (κ2) is 10.8. The molecule has 2 aromatic carbocycles. The van der Waals surface area contributed by atoms with Crippen molar-refractivity contribution in [1.29, 1.82) is 0 Å². The van der Waals surface area contributed by atoms with Gasteiger partial charge >= 0.3 is 0 Å². The quantitative estimate of drug-likeness (QED) is 0.492. The normalized spacial score (nSPS) is 17.9. The minimum absolute atomic E-state index is 0.202.